The first-order valence-corrected chi connectivity index (χ1v) is 10.2. The van der Waals surface area contributed by atoms with Gasteiger partial charge in [0.25, 0.3) is 11.6 Å². The highest BCUT2D eigenvalue weighted by molar-refractivity contribution is 8.14. The molecule has 0 saturated carbocycles. The minimum absolute atomic E-state index is 0.0232. The molecular weight excluding hydrogens is 422 g/mol. The molecule has 1 atom stereocenters. The standard InChI is InChI=1S/C20H15N5O5S/c1-2-7-31-20-22-19(26)17-11-5-3-4-6-13(11)21-18(24(17)23-20)12-8-15-16(30-10-29-15)9-14(12)25(27)28/h2-6,8-9,18H,1,7,10H2,(H,22,23,26)/t18-/m1/s1. The van der Waals surface area contributed by atoms with Gasteiger partial charge in [-0.15, -0.1) is 11.7 Å². The van der Waals surface area contributed by atoms with Crippen molar-refractivity contribution in [1.29, 1.82) is 0 Å². The second-order valence-corrected chi connectivity index (χ2v) is 7.70. The van der Waals surface area contributed by atoms with Crippen LogP contribution in [0, 0.1) is 10.1 Å². The van der Waals surface area contributed by atoms with Gasteiger partial charge < -0.3 is 9.47 Å². The van der Waals surface area contributed by atoms with Gasteiger partial charge in [0.2, 0.25) is 6.79 Å². The number of nitrogens with zero attached hydrogens (tertiary/aromatic N) is 4. The van der Waals surface area contributed by atoms with Crippen LogP contribution in [0.2, 0.25) is 0 Å². The Kier molecular flexibility index (Phi) is 4.59. The summed E-state index contributed by atoms with van der Waals surface area (Å²) in [7, 11) is 0. The summed E-state index contributed by atoms with van der Waals surface area (Å²) in [5.41, 5.74) is 0.316. The van der Waals surface area contributed by atoms with Crippen LogP contribution in [0.15, 0.2) is 59.1 Å². The van der Waals surface area contributed by atoms with Gasteiger partial charge in [0.05, 0.1) is 21.9 Å². The summed E-state index contributed by atoms with van der Waals surface area (Å²) in [6.07, 6.45) is 0.749. The second-order valence-electron chi connectivity index (χ2n) is 6.69. The molecule has 5 rings (SSSR count). The predicted molar refractivity (Wildman–Crippen MR) is 113 cm³/mol. The summed E-state index contributed by atoms with van der Waals surface area (Å²) in [6.45, 7) is 3.65. The number of thioether (sulfide) groups is 1. The number of carbonyl (C=O) groups excluding carboxylic acids is 1. The third kappa shape index (κ3) is 3.19. The van der Waals surface area contributed by atoms with E-state index >= 15 is 0 Å². The predicted octanol–water partition coefficient (Wildman–Crippen LogP) is 1.39. The first-order valence-electron chi connectivity index (χ1n) is 9.25. The number of hydrazone groups is 1. The minimum Gasteiger partial charge on any atom is -0.454 e. The summed E-state index contributed by atoms with van der Waals surface area (Å²) in [5, 5.41) is 22.1. The van der Waals surface area contributed by atoms with E-state index in [2.05, 4.69) is 17.0 Å². The Morgan fingerprint density at radius 2 is 2.10 bits per heavy atom. The molecule has 1 N–H and O–H groups in total. The molecule has 0 aliphatic carbocycles. The molecule has 156 valence electrons. The first-order chi connectivity index (χ1) is 15.1. The lowest BCUT2D eigenvalue weighted by molar-refractivity contribution is -0.386. The Hall–Kier alpha value is -3.86. The zero-order chi connectivity index (χ0) is 21.5. The molecule has 2 aromatic rings. The van der Waals surface area contributed by atoms with Gasteiger partial charge in [0.1, 0.15) is 5.70 Å². The molecule has 0 bridgehead atoms. The topological polar surface area (TPSA) is 119 Å². The fraction of sp³-hybridized carbons (Fsp3) is 0.150. The number of carbonyl (C=O) groups is 1. The number of benzene rings is 2. The molecule has 31 heavy (non-hydrogen) atoms. The molecule has 0 saturated heterocycles. The van der Waals surface area contributed by atoms with Crippen molar-refractivity contribution < 1.29 is 19.2 Å². The lowest BCUT2D eigenvalue weighted by Crippen LogP contribution is -2.50. The highest BCUT2D eigenvalue weighted by Gasteiger charge is 2.38. The molecule has 0 fully saturated rings. The van der Waals surface area contributed by atoms with Gasteiger partial charge in [0, 0.05) is 11.0 Å². The lowest BCUT2D eigenvalue weighted by Gasteiger charge is -2.33. The van der Waals surface area contributed by atoms with Crippen molar-refractivity contribution in [1.82, 2.24) is 10.3 Å². The number of amides is 1. The summed E-state index contributed by atoms with van der Waals surface area (Å²) in [6, 6.07) is 9.95. The zero-order valence-electron chi connectivity index (χ0n) is 16.0. The van der Waals surface area contributed by atoms with Crippen LogP contribution in [-0.4, -0.2) is 33.6 Å². The smallest absolute Gasteiger partial charge is 0.280 e. The van der Waals surface area contributed by atoms with Gasteiger partial charge in [-0.25, -0.2) is 5.01 Å². The number of fused-ring (bicyclic) bond motifs is 3. The molecule has 3 aliphatic heterocycles. The van der Waals surface area contributed by atoms with Gasteiger partial charge in [0.15, 0.2) is 22.8 Å². The van der Waals surface area contributed by atoms with Gasteiger partial charge in [-0.3, -0.25) is 25.2 Å². The maximum Gasteiger partial charge on any atom is 0.280 e. The van der Waals surface area contributed by atoms with Crippen molar-refractivity contribution in [2.24, 2.45) is 10.1 Å². The van der Waals surface area contributed by atoms with Gasteiger partial charge in [-0.1, -0.05) is 36.0 Å². The molecule has 3 aliphatic rings. The van der Waals surface area contributed by atoms with Crippen LogP contribution in [0.1, 0.15) is 11.7 Å². The third-order valence-corrected chi connectivity index (χ3v) is 5.71. The molecule has 0 spiro atoms. The van der Waals surface area contributed by atoms with Crippen LogP contribution >= 0.6 is 11.8 Å². The van der Waals surface area contributed by atoms with Gasteiger partial charge in [-0.2, -0.15) is 0 Å². The Morgan fingerprint density at radius 3 is 2.87 bits per heavy atom. The van der Waals surface area contributed by atoms with Crippen LogP contribution < -0.4 is 25.4 Å². The van der Waals surface area contributed by atoms with Crippen LogP contribution in [0.25, 0.3) is 5.70 Å². The van der Waals surface area contributed by atoms with E-state index in [4.69, 9.17) is 14.5 Å². The second kappa shape index (κ2) is 7.43. The fourth-order valence-corrected chi connectivity index (χ4v) is 4.13. The SMILES string of the molecule is C=CCSC1=NN2C(=c3ccccc3=N[C@H]2c2cc3c(cc2[N+](=O)[O-])OCO3)C(=O)N1. The Labute approximate surface area is 179 Å². The van der Waals surface area contributed by atoms with Crippen molar-refractivity contribution >= 4 is 34.2 Å². The molecular formula is C20H15N5O5S. The Morgan fingerprint density at radius 1 is 1.32 bits per heavy atom. The maximum atomic E-state index is 13.0. The normalized spacial score (nSPS) is 18.4. The van der Waals surface area contributed by atoms with Crippen LogP contribution in [0.3, 0.4) is 0 Å². The Balaban J connectivity index is 1.74. The molecule has 0 aromatic heterocycles. The van der Waals surface area contributed by atoms with E-state index in [0.717, 1.165) is 0 Å². The molecule has 1 amide bonds. The van der Waals surface area contributed by atoms with E-state index in [1.807, 2.05) is 0 Å². The minimum atomic E-state index is -0.940. The molecule has 2 aromatic carbocycles. The Bertz CT molecular complexity index is 1290. The number of hydrogen-bond acceptors (Lipinski definition) is 9. The van der Waals surface area contributed by atoms with Crippen LogP contribution in [0.5, 0.6) is 11.5 Å². The first kappa shape index (κ1) is 19.1. The molecule has 0 unspecified atom stereocenters. The van der Waals surface area contributed by atoms with Crippen molar-refractivity contribution in [3.8, 4) is 11.5 Å². The summed E-state index contributed by atoms with van der Waals surface area (Å²) in [4.78, 5) is 29.1. The van der Waals surface area contributed by atoms with Gasteiger partial charge in [-0.05, 0) is 12.1 Å². The number of nitrogens with one attached hydrogen (secondary N) is 1. The maximum absolute atomic E-state index is 13.0. The average molecular weight is 437 g/mol. The number of rotatable bonds is 4. The molecule has 10 nitrogen and oxygen atoms in total. The highest BCUT2D eigenvalue weighted by Crippen LogP contribution is 2.43. The lowest BCUT2D eigenvalue weighted by atomic mass is 10.1. The van der Waals surface area contributed by atoms with E-state index < -0.39 is 11.1 Å². The largest absolute Gasteiger partial charge is 0.454 e. The number of hydrogen-bond donors (Lipinski definition) is 1. The summed E-state index contributed by atoms with van der Waals surface area (Å²) < 4.78 is 10.7. The van der Waals surface area contributed by atoms with Crippen LogP contribution in [0.4, 0.5) is 5.69 Å². The van der Waals surface area contributed by atoms with E-state index in [9.17, 15) is 14.9 Å². The quantitative estimate of drug-likeness (QED) is 0.436. The molecule has 0 radical (unpaired) electrons. The fourth-order valence-electron chi connectivity index (χ4n) is 3.54. The van der Waals surface area contributed by atoms with E-state index in [0.29, 0.717) is 27.2 Å². The monoisotopic (exact) mass is 437 g/mol. The van der Waals surface area contributed by atoms with E-state index in [-0.39, 0.29) is 35.4 Å². The van der Waals surface area contributed by atoms with Gasteiger partial charge >= 0.3 is 0 Å². The number of para-hydroxylation sites is 1. The third-order valence-electron chi connectivity index (χ3n) is 4.85. The number of ether oxygens (including phenoxy) is 2. The number of nitro groups is 1. The molecule has 11 heteroatoms. The van der Waals surface area contributed by atoms with Crippen molar-refractivity contribution in [3.05, 3.63) is 75.3 Å². The van der Waals surface area contributed by atoms with Crippen molar-refractivity contribution in [2.45, 2.75) is 6.17 Å². The number of nitro benzene ring substituents is 1. The summed E-state index contributed by atoms with van der Waals surface area (Å²) in [5.74, 6) is 0.836. The van der Waals surface area contributed by atoms with E-state index in [1.54, 1.807) is 30.3 Å². The van der Waals surface area contributed by atoms with E-state index in [1.165, 1.54) is 28.9 Å². The zero-order valence-corrected chi connectivity index (χ0v) is 16.8. The highest BCUT2D eigenvalue weighted by atomic mass is 32.2. The number of amidine groups is 1. The summed E-state index contributed by atoms with van der Waals surface area (Å²) >= 11 is 1.29. The average Bonchev–Trinajstić information content (AvgIpc) is 3.23. The molecule has 3 heterocycles. The van der Waals surface area contributed by atoms with Crippen LogP contribution in [-0.2, 0) is 4.79 Å². The van der Waals surface area contributed by atoms with Crippen molar-refractivity contribution in [2.75, 3.05) is 12.5 Å². The van der Waals surface area contributed by atoms with Crippen molar-refractivity contribution in [3.63, 3.8) is 0 Å².